The van der Waals surface area contributed by atoms with Gasteiger partial charge in [0.15, 0.2) is 0 Å². The predicted molar refractivity (Wildman–Crippen MR) is 182 cm³/mol. The molecule has 1 amide bonds. The summed E-state index contributed by atoms with van der Waals surface area (Å²) >= 11 is 0. The van der Waals surface area contributed by atoms with E-state index in [9.17, 15) is 18.3 Å². The average Bonchev–Trinajstić information content (AvgIpc) is 3.87. The van der Waals surface area contributed by atoms with Crippen molar-refractivity contribution in [1.29, 1.82) is 0 Å². The summed E-state index contributed by atoms with van der Waals surface area (Å²) in [7, 11) is -3.25. The maximum Gasteiger partial charge on any atom is 0.251 e. The smallest absolute Gasteiger partial charge is 0.251 e. The first-order valence-electron chi connectivity index (χ1n) is 16.4. The highest BCUT2D eigenvalue weighted by Gasteiger charge is 2.48. The summed E-state index contributed by atoms with van der Waals surface area (Å²) in [5.41, 5.74) is 5.18. The zero-order valence-electron chi connectivity index (χ0n) is 26.8. The molecule has 0 radical (unpaired) electrons. The van der Waals surface area contributed by atoms with Gasteiger partial charge in [0, 0.05) is 37.3 Å². The molecule has 0 bridgehead atoms. The SMILES string of the molecule is CCOc1cc(-c2ccc(F)cc2)c(C2CC2)cc1CN1CCC2(CC1)CN(c1ccc(C(=O)NCCOCCO)cc1)S(O)(O)N2. The highest BCUT2D eigenvalue weighted by atomic mass is 32.3. The fraction of sp³-hybridized carbons (Fsp3) is 0.457. The van der Waals surface area contributed by atoms with Gasteiger partial charge in [-0.05, 0) is 104 Å². The van der Waals surface area contributed by atoms with Crippen LogP contribution in [0.15, 0.2) is 60.7 Å². The molecule has 254 valence electrons. The lowest BCUT2D eigenvalue weighted by Gasteiger charge is -2.40. The Kier molecular flexibility index (Phi) is 10.4. The molecule has 10 nitrogen and oxygen atoms in total. The normalized spacial score (nSPS) is 19.6. The molecule has 1 spiro atoms. The van der Waals surface area contributed by atoms with Crippen LogP contribution >= 0.6 is 11.0 Å². The summed E-state index contributed by atoms with van der Waals surface area (Å²) < 4.78 is 52.0. The third-order valence-electron chi connectivity index (χ3n) is 9.20. The number of rotatable bonds is 13. The monoisotopic (exact) mass is 668 g/mol. The van der Waals surface area contributed by atoms with Gasteiger partial charge < -0.3 is 19.9 Å². The molecule has 5 N–H and O–H groups in total. The number of likely N-dealkylation sites (tertiary alicyclic amines) is 1. The predicted octanol–water partition coefficient (Wildman–Crippen LogP) is 5.53. The van der Waals surface area contributed by atoms with Crippen LogP contribution in [0.4, 0.5) is 10.1 Å². The van der Waals surface area contributed by atoms with Crippen molar-refractivity contribution in [3.63, 3.8) is 0 Å². The van der Waals surface area contributed by atoms with E-state index in [1.165, 1.54) is 17.7 Å². The molecule has 2 heterocycles. The van der Waals surface area contributed by atoms with Crippen LogP contribution in [0, 0.1) is 5.82 Å². The first-order valence-corrected chi connectivity index (χ1v) is 17.9. The van der Waals surface area contributed by atoms with Gasteiger partial charge in [-0.15, -0.1) is 0 Å². The Morgan fingerprint density at radius 1 is 1.06 bits per heavy atom. The molecule has 2 saturated heterocycles. The van der Waals surface area contributed by atoms with Gasteiger partial charge in [-0.25, -0.2) is 4.39 Å². The van der Waals surface area contributed by atoms with Crippen molar-refractivity contribution in [1.82, 2.24) is 14.9 Å². The maximum atomic E-state index is 13.7. The van der Waals surface area contributed by atoms with Gasteiger partial charge in [0.25, 0.3) is 5.91 Å². The Labute approximate surface area is 277 Å². The van der Waals surface area contributed by atoms with Gasteiger partial charge in [-0.2, -0.15) is 4.72 Å². The molecule has 12 heteroatoms. The van der Waals surface area contributed by atoms with E-state index in [1.54, 1.807) is 28.6 Å². The maximum absolute atomic E-state index is 13.7. The van der Waals surface area contributed by atoms with Crippen molar-refractivity contribution < 1.29 is 32.9 Å². The number of hydrogen-bond donors (Lipinski definition) is 5. The molecule has 0 unspecified atom stereocenters. The van der Waals surface area contributed by atoms with E-state index in [2.05, 4.69) is 27.1 Å². The van der Waals surface area contributed by atoms with Crippen LogP contribution in [-0.4, -0.2) is 83.2 Å². The molecule has 3 aromatic rings. The molecule has 2 aliphatic heterocycles. The molecular formula is C35H45FN4O6S. The Bertz CT molecular complexity index is 1530. The molecule has 3 aliphatic rings. The lowest BCUT2D eigenvalue weighted by molar-refractivity contribution is 0.0838. The van der Waals surface area contributed by atoms with Crippen LogP contribution in [0.1, 0.15) is 60.0 Å². The molecule has 0 atom stereocenters. The van der Waals surface area contributed by atoms with E-state index in [0.717, 1.165) is 67.8 Å². The number of carbonyl (C=O) groups is 1. The minimum absolute atomic E-state index is 0.0641. The number of ether oxygens (including phenoxy) is 2. The van der Waals surface area contributed by atoms with Gasteiger partial charge in [0.1, 0.15) is 11.6 Å². The van der Waals surface area contributed by atoms with E-state index < -0.39 is 16.5 Å². The molecule has 3 aromatic carbocycles. The van der Waals surface area contributed by atoms with Crippen LogP contribution in [0.2, 0.25) is 0 Å². The molecule has 6 rings (SSSR count). The Morgan fingerprint density at radius 3 is 2.45 bits per heavy atom. The van der Waals surface area contributed by atoms with Crippen LogP contribution in [-0.2, 0) is 11.3 Å². The number of hydrogen-bond acceptors (Lipinski definition) is 9. The molecule has 1 saturated carbocycles. The number of nitrogens with zero attached hydrogens (tertiary/aromatic N) is 2. The highest BCUT2D eigenvalue weighted by molar-refractivity contribution is 8.24. The third kappa shape index (κ3) is 7.92. The lowest BCUT2D eigenvalue weighted by atomic mass is 9.88. The second-order valence-electron chi connectivity index (χ2n) is 12.6. The van der Waals surface area contributed by atoms with Gasteiger partial charge in [-0.3, -0.25) is 23.1 Å². The summed E-state index contributed by atoms with van der Waals surface area (Å²) in [6, 6.07) is 17.9. The van der Waals surface area contributed by atoms with E-state index in [1.807, 2.05) is 19.1 Å². The number of aliphatic hydroxyl groups excluding tert-OH is 1. The van der Waals surface area contributed by atoms with Crippen molar-refractivity contribution in [2.24, 2.45) is 0 Å². The number of piperidine rings is 1. The van der Waals surface area contributed by atoms with Gasteiger partial charge in [0.2, 0.25) is 0 Å². The van der Waals surface area contributed by atoms with Crippen LogP contribution in [0.25, 0.3) is 11.1 Å². The van der Waals surface area contributed by atoms with Crippen LogP contribution < -0.4 is 19.1 Å². The fourth-order valence-corrected chi connectivity index (χ4v) is 8.38. The number of anilines is 1. The van der Waals surface area contributed by atoms with Crippen molar-refractivity contribution >= 4 is 22.6 Å². The Balaban J connectivity index is 1.10. The minimum atomic E-state index is -3.25. The van der Waals surface area contributed by atoms with E-state index in [4.69, 9.17) is 14.6 Å². The molecule has 0 aromatic heterocycles. The molecular weight excluding hydrogens is 623 g/mol. The van der Waals surface area contributed by atoms with E-state index in [-0.39, 0.29) is 24.9 Å². The van der Waals surface area contributed by atoms with E-state index in [0.29, 0.717) is 43.5 Å². The summed E-state index contributed by atoms with van der Waals surface area (Å²) in [5, 5.41) is 11.6. The number of carbonyl (C=O) groups excluding carboxylic acids is 1. The quantitative estimate of drug-likeness (QED) is 0.150. The van der Waals surface area contributed by atoms with Crippen molar-refractivity contribution in [3.05, 3.63) is 83.2 Å². The standard InChI is InChI=1S/C35H45FN4O6S/c1-2-46-33-22-32(26-5-9-29(36)10-6-26)31(25-3-4-25)21-28(33)23-39-16-13-35(14-17-39)24-40(47(43,44)38-35)30-11-7-27(8-12-30)34(42)37-15-19-45-20-18-41/h5-12,21-22,25,38,41,43-44H,2-4,13-20,23-24H2,1H3,(H,37,42). The summed E-state index contributed by atoms with van der Waals surface area (Å²) in [4.78, 5) is 14.9. The topological polar surface area (TPSA) is 127 Å². The van der Waals surface area contributed by atoms with Crippen molar-refractivity contribution in [2.45, 2.75) is 50.6 Å². The Hall–Kier alpha value is -3.23. The second kappa shape index (κ2) is 14.5. The third-order valence-corrected chi connectivity index (χ3v) is 10.9. The summed E-state index contributed by atoms with van der Waals surface area (Å²) in [6.45, 7) is 6.06. The Morgan fingerprint density at radius 2 is 1.79 bits per heavy atom. The van der Waals surface area contributed by atoms with Gasteiger partial charge in [-0.1, -0.05) is 23.1 Å². The minimum Gasteiger partial charge on any atom is -0.494 e. The molecule has 1 aliphatic carbocycles. The number of halogens is 1. The van der Waals surface area contributed by atoms with Crippen molar-refractivity contribution in [3.8, 4) is 16.9 Å². The molecule has 47 heavy (non-hydrogen) atoms. The first kappa shape index (κ1) is 33.7. The zero-order valence-corrected chi connectivity index (χ0v) is 27.6. The number of amides is 1. The second-order valence-corrected chi connectivity index (χ2v) is 14.3. The zero-order chi connectivity index (χ0) is 33.0. The van der Waals surface area contributed by atoms with Crippen LogP contribution in [0.5, 0.6) is 5.75 Å². The van der Waals surface area contributed by atoms with E-state index >= 15 is 0 Å². The fourth-order valence-electron chi connectivity index (χ4n) is 6.57. The summed E-state index contributed by atoms with van der Waals surface area (Å²) in [6.07, 6.45) is 3.79. The average molecular weight is 669 g/mol. The highest BCUT2D eigenvalue weighted by Crippen LogP contribution is 2.53. The number of aliphatic hydroxyl groups is 1. The van der Waals surface area contributed by atoms with Crippen molar-refractivity contribution in [2.75, 3.05) is 56.9 Å². The van der Waals surface area contributed by atoms with Gasteiger partial charge in [0.05, 0.1) is 44.2 Å². The number of benzene rings is 3. The largest absolute Gasteiger partial charge is 0.494 e. The van der Waals surface area contributed by atoms with Crippen LogP contribution in [0.3, 0.4) is 0 Å². The summed E-state index contributed by atoms with van der Waals surface area (Å²) in [5.74, 6) is 0.862. The number of nitrogens with one attached hydrogen (secondary N) is 2. The molecule has 3 fully saturated rings. The first-order chi connectivity index (χ1) is 22.7. The lowest BCUT2D eigenvalue weighted by Crippen LogP contribution is -2.51. The van der Waals surface area contributed by atoms with Gasteiger partial charge >= 0.3 is 0 Å².